The number of ether oxygens (including phenoxy) is 1. The Hall–Kier alpha value is -2.58. The molecule has 0 saturated carbocycles. The molecule has 2 nitrogen and oxygen atoms in total. The number of halogens is 1. The average molecular weight is 491 g/mol. The van der Waals surface area contributed by atoms with Gasteiger partial charge < -0.3 is 4.74 Å². The van der Waals surface area contributed by atoms with Crippen LogP contribution in [0.4, 0.5) is 0 Å². The fraction of sp³-hybridized carbons (Fsp3) is 0.406. The molecule has 0 amide bonds. The standard InChI is InChI=1S/C32H39ClO2/c1-2-3-4-5-6-7-8-9-10-11-12-13-26-14-16-27(17-15-26)28-18-20-29(21-19-28)32(34)35-31-24-22-30(33)23-25-31/h14-25H,2-13H2,1H3. The molecule has 0 heterocycles. The highest BCUT2D eigenvalue weighted by Crippen LogP contribution is 2.23. The molecule has 0 spiro atoms. The lowest BCUT2D eigenvalue weighted by Crippen LogP contribution is -2.08. The SMILES string of the molecule is CCCCCCCCCCCCCc1ccc(-c2ccc(C(=O)Oc3ccc(Cl)cc3)cc2)cc1. The van der Waals surface area contributed by atoms with Crippen LogP contribution >= 0.6 is 11.6 Å². The quantitative estimate of drug-likeness (QED) is 0.120. The number of unbranched alkanes of at least 4 members (excludes halogenated alkanes) is 10. The first-order chi connectivity index (χ1) is 17.2. The average Bonchev–Trinajstić information content (AvgIpc) is 2.89. The van der Waals surface area contributed by atoms with Crippen molar-refractivity contribution in [2.24, 2.45) is 0 Å². The van der Waals surface area contributed by atoms with Gasteiger partial charge in [-0.15, -0.1) is 0 Å². The Kier molecular flexibility index (Phi) is 11.9. The van der Waals surface area contributed by atoms with Crippen molar-refractivity contribution in [1.29, 1.82) is 0 Å². The van der Waals surface area contributed by atoms with E-state index in [9.17, 15) is 4.79 Å². The molecular formula is C32H39ClO2. The predicted octanol–water partition coefficient (Wildman–Crippen LogP) is 10.1. The summed E-state index contributed by atoms with van der Waals surface area (Å²) in [5, 5.41) is 0.610. The van der Waals surface area contributed by atoms with E-state index in [1.807, 2.05) is 24.3 Å². The van der Waals surface area contributed by atoms with Crippen molar-refractivity contribution in [3.63, 3.8) is 0 Å². The van der Waals surface area contributed by atoms with Crippen molar-refractivity contribution in [3.05, 3.63) is 88.9 Å². The summed E-state index contributed by atoms with van der Waals surface area (Å²) in [5.74, 6) is 0.109. The second kappa shape index (κ2) is 15.4. The first kappa shape index (κ1) is 27.0. The monoisotopic (exact) mass is 490 g/mol. The van der Waals surface area contributed by atoms with Gasteiger partial charge in [-0.05, 0) is 65.9 Å². The van der Waals surface area contributed by atoms with Gasteiger partial charge in [-0.25, -0.2) is 4.79 Å². The molecule has 0 aliphatic heterocycles. The highest BCUT2D eigenvalue weighted by atomic mass is 35.5. The third-order valence-electron chi connectivity index (χ3n) is 6.50. The first-order valence-electron chi connectivity index (χ1n) is 13.3. The molecule has 0 aliphatic carbocycles. The molecule has 0 radical (unpaired) electrons. The molecule has 0 aromatic heterocycles. The number of rotatable bonds is 15. The van der Waals surface area contributed by atoms with E-state index in [0.717, 1.165) is 17.5 Å². The van der Waals surface area contributed by atoms with Gasteiger partial charge in [0.2, 0.25) is 0 Å². The maximum absolute atomic E-state index is 12.4. The lowest BCUT2D eigenvalue weighted by atomic mass is 10.00. The van der Waals surface area contributed by atoms with Crippen LogP contribution in [0.3, 0.4) is 0 Å². The van der Waals surface area contributed by atoms with Crippen LogP contribution in [0.15, 0.2) is 72.8 Å². The minimum Gasteiger partial charge on any atom is -0.423 e. The predicted molar refractivity (Wildman–Crippen MR) is 148 cm³/mol. The second-order valence-corrected chi connectivity index (χ2v) is 9.84. The third kappa shape index (κ3) is 9.90. The molecule has 35 heavy (non-hydrogen) atoms. The lowest BCUT2D eigenvalue weighted by Gasteiger charge is -2.07. The van der Waals surface area contributed by atoms with Crippen LogP contribution in [0.1, 0.15) is 93.5 Å². The van der Waals surface area contributed by atoms with Gasteiger partial charge in [0.05, 0.1) is 5.56 Å². The van der Waals surface area contributed by atoms with E-state index in [0.29, 0.717) is 16.3 Å². The van der Waals surface area contributed by atoms with Crippen molar-refractivity contribution in [1.82, 2.24) is 0 Å². The van der Waals surface area contributed by atoms with Crippen molar-refractivity contribution >= 4 is 17.6 Å². The molecule has 0 saturated heterocycles. The Bertz CT molecular complexity index is 991. The summed E-state index contributed by atoms with van der Waals surface area (Å²) in [4.78, 5) is 12.4. The molecule has 0 unspecified atom stereocenters. The van der Waals surface area contributed by atoms with E-state index in [1.54, 1.807) is 24.3 Å². The summed E-state index contributed by atoms with van der Waals surface area (Å²) in [6, 6.07) is 23.2. The zero-order valence-electron chi connectivity index (χ0n) is 21.1. The van der Waals surface area contributed by atoms with Crippen LogP contribution in [0.2, 0.25) is 5.02 Å². The maximum atomic E-state index is 12.4. The molecule has 0 bridgehead atoms. The molecule has 3 aromatic carbocycles. The molecule has 0 atom stereocenters. The molecule has 0 aliphatic rings. The van der Waals surface area contributed by atoms with Crippen molar-refractivity contribution in [2.75, 3.05) is 0 Å². The molecule has 0 N–H and O–H groups in total. The zero-order valence-corrected chi connectivity index (χ0v) is 21.9. The summed E-state index contributed by atoms with van der Waals surface area (Å²) in [5.41, 5.74) is 4.17. The largest absolute Gasteiger partial charge is 0.423 e. The minimum absolute atomic E-state index is 0.374. The van der Waals surface area contributed by atoms with E-state index in [4.69, 9.17) is 16.3 Å². The number of carbonyl (C=O) groups is 1. The molecular weight excluding hydrogens is 452 g/mol. The first-order valence-corrected chi connectivity index (χ1v) is 13.7. The van der Waals surface area contributed by atoms with Gasteiger partial charge in [0, 0.05) is 5.02 Å². The summed E-state index contributed by atoms with van der Waals surface area (Å²) in [7, 11) is 0. The van der Waals surface area contributed by atoms with Crippen molar-refractivity contribution < 1.29 is 9.53 Å². The lowest BCUT2D eigenvalue weighted by molar-refractivity contribution is 0.0735. The molecule has 3 heteroatoms. The normalized spacial score (nSPS) is 10.9. The fourth-order valence-electron chi connectivity index (χ4n) is 4.32. The third-order valence-corrected chi connectivity index (χ3v) is 6.75. The topological polar surface area (TPSA) is 26.3 Å². The summed E-state index contributed by atoms with van der Waals surface area (Å²) in [6.07, 6.45) is 16.3. The van der Waals surface area contributed by atoms with Gasteiger partial charge in [-0.2, -0.15) is 0 Å². The minimum atomic E-state index is -0.374. The Balaban J connectivity index is 1.35. The van der Waals surface area contributed by atoms with E-state index < -0.39 is 0 Å². The van der Waals surface area contributed by atoms with E-state index >= 15 is 0 Å². The maximum Gasteiger partial charge on any atom is 0.343 e. The van der Waals surface area contributed by atoms with Gasteiger partial charge in [0.25, 0.3) is 0 Å². The zero-order chi connectivity index (χ0) is 24.7. The molecule has 3 rings (SSSR count). The van der Waals surface area contributed by atoms with Gasteiger partial charge in [-0.3, -0.25) is 0 Å². The van der Waals surface area contributed by atoms with E-state index in [-0.39, 0.29) is 5.97 Å². The number of benzene rings is 3. The van der Waals surface area contributed by atoms with Gasteiger partial charge >= 0.3 is 5.97 Å². The van der Waals surface area contributed by atoms with Crippen LogP contribution < -0.4 is 4.74 Å². The highest BCUT2D eigenvalue weighted by Gasteiger charge is 2.09. The number of hydrogen-bond donors (Lipinski definition) is 0. The molecule has 0 fully saturated rings. The van der Waals surface area contributed by atoms with Crippen LogP contribution in [0.5, 0.6) is 5.75 Å². The number of aryl methyl sites for hydroxylation is 1. The van der Waals surface area contributed by atoms with Crippen molar-refractivity contribution in [3.8, 4) is 16.9 Å². The summed E-state index contributed by atoms with van der Waals surface area (Å²) < 4.78 is 5.41. The van der Waals surface area contributed by atoms with E-state index in [1.165, 1.54) is 76.2 Å². The Morgan fingerprint density at radius 1 is 0.629 bits per heavy atom. The smallest absolute Gasteiger partial charge is 0.343 e. The van der Waals surface area contributed by atoms with Gasteiger partial charge in [-0.1, -0.05) is 119 Å². The summed E-state index contributed by atoms with van der Waals surface area (Å²) >= 11 is 5.88. The number of hydrogen-bond acceptors (Lipinski definition) is 2. The van der Waals surface area contributed by atoms with Crippen LogP contribution in [-0.2, 0) is 6.42 Å². The van der Waals surface area contributed by atoms with Crippen LogP contribution in [0, 0.1) is 0 Å². The van der Waals surface area contributed by atoms with Crippen LogP contribution in [-0.4, -0.2) is 5.97 Å². The summed E-state index contributed by atoms with van der Waals surface area (Å²) in [6.45, 7) is 2.28. The number of esters is 1. The highest BCUT2D eigenvalue weighted by molar-refractivity contribution is 6.30. The Morgan fingerprint density at radius 2 is 1.11 bits per heavy atom. The number of carbonyl (C=O) groups excluding carboxylic acids is 1. The van der Waals surface area contributed by atoms with Gasteiger partial charge in [0.15, 0.2) is 0 Å². The molecule has 186 valence electrons. The van der Waals surface area contributed by atoms with Gasteiger partial charge in [0.1, 0.15) is 5.75 Å². The fourth-order valence-corrected chi connectivity index (χ4v) is 4.45. The Labute approximate surface area is 216 Å². The second-order valence-electron chi connectivity index (χ2n) is 9.40. The van der Waals surface area contributed by atoms with Crippen LogP contribution in [0.25, 0.3) is 11.1 Å². The van der Waals surface area contributed by atoms with E-state index in [2.05, 4.69) is 31.2 Å². The molecule has 3 aromatic rings. The Morgan fingerprint density at radius 3 is 1.66 bits per heavy atom. The van der Waals surface area contributed by atoms with Crippen molar-refractivity contribution in [2.45, 2.75) is 84.0 Å².